The number of halogens is 2. The van der Waals surface area contributed by atoms with Crippen LogP contribution in [0.1, 0.15) is 11.1 Å². The fraction of sp³-hybridized carbons (Fsp3) is 0.105. The van der Waals surface area contributed by atoms with Crippen LogP contribution >= 0.6 is 15.9 Å². The molecule has 2 aromatic carbocycles. The first-order valence-electron chi connectivity index (χ1n) is 7.47. The summed E-state index contributed by atoms with van der Waals surface area (Å²) in [5.74, 6) is -0.369. The number of fused-ring (bicyclic) bond motifs is 2. The van der Waals surface area contributed by atoms with Gasteiger partial charge in [-0.05, 0) is 47.5 Å². The first-order valence-corrected chi connectivity index (χ1v) is 8.26. The van der Waals surface area contributed by atoms with Crippen molar-refractivity contribution in [2.45, 2.75) is 13.8 Å². The fourth-order valence-corrected chi connectivity index (χ4v) is 3.67. The summed E-state index contributed by atoms with van der Waals surface area (Å²) in [6.45, 7) is 3.85. The van der Waals surface area contributed by atoms with Crippen molar-refractivity contribution in [1.29, 1.82) is 0 Å². The van der Waals surface area contributed by atoms with Gasteiger partial charge in [-0.25, -0.2) is 4.39 Å². The van der Waals surface area contributed by atoms with E-state index in [0.717, 1.165) is 27.5 Å². The highest BCUT2D eigenvalue weighted by Gasteiger charge is 2.19. The van der Waals surface area contributed by atoms with Crippen LogP contribution < -0.4 is 5.56 Å². The third-order valence-electron chi connectivity index (χ3n) is 4.37. The van der Waals surface area contributed by atoms with Crippen LogP contribution in [0.4, 0.5) is 4.39 Å². The Balaban J connectivity index is 2.28. The highest BCUT2D eigenvalue weighted by Crippen LogP contribution is 2.38. The summed E-state index contributed by atoms with van der Waals surface area (Å²) in [6.07, 6.45) is 1.69. The van der Waals surface area contributed by atoms with Crippen LogP contribution in [-0.4, -0.2) is 4.98 Å². The lowest BCUT2D eigenvalue weighted by Crippen LogP contribution is -2.09. The van der Waals surface area contributed by atoms with Crippen LogP contribution in [0.15, 0.2) is 50.3 Å². The third kappa shape index (κ3) is 2.04. The minimum atomic E-state index is -0.369. The first-order chi connectivity index (χ1) is 11.5. The van der Waals surface area contributed by atoms with E-state index in [4.69, 9.17) is 4.42 Å². The predicted molar refractivity (Wildman–Crippen MR) is 96.9 cm³/mol. The summed E-state index contributed by atoms with van der Waals surface area (Å²) in [7, 11) is 0. The molecule has 4 rings (SSSR count). The smallest absolute Gasteiger partial charge is 0.263 e. The van der Waals surface area contributed by atoms with Crippen molar-refractivity contribution in [2.75, 3.05) is 0 Å². The molecule has 5 heteroatoms. The number of aromatic nitrogens is 1. The van der Waals surface area contributed by atoms with Gasteiger partial charge in [0.25, 0.3) is 5.56 Å². The Kier molecular flexibility index (Phi) is 3.35. The molecule has 3 nitrogen and oxygen atoms in total. The Morgan fingerprint density at radius 2 is 1.92 bits per heavy atom. The van der Waals surface area contributed by atoms with Crippen molar-refractivity contribution >= 4 is 37.8 Å². The second kappa shape index (κ2) is 5.31. The second-order valence-corrected chi connectivity index (χ2v) is 6.64. The normalized spacial score (nSPS) is 11.5. The van der Waals surface area contributed by atoms with Crippen LogP contribution in [0.2, 0.25) is 0 Å². The molecule has 0 amide bonds. The molecule has 2 heterocycles. The van der Waals surface area contributed by atoms with Crippen molar-refractivity contribution < 1.29 is 8.81 Å². The number of pyridine rings is 1. The molecule has 0 fully saturated rings. The van der Waals surface area contributed by atoms with Crippen molar-refractivity contribution in [1.82, 2.24) is 4.98 Å². The zero-order valence-electron chi connectivity index (χ0n) is 13.0. The highest BCUT2D eigenvalue weighted by molar-refractivity contribution is 9.10. The van der Waals surface area contributed by atoms with Gasteiger partial charge < -0.3 is 9.40 Å². The Morgan fingerprint density at radius 1 is 1.17 bits per heavy atom. The topological polar surface area (TPSA) is 46.0 Å². The van der Waals surface area contributed by atoms with Crippen LogP contribution in [0.5, 0.6) is 0 Å². The van der Waals surface area contributed by atoms with Crippen LogP contribution in [-0.2, 0) is 0 Å². The fourth-order valence-electron chi connectivity index (χ4n) is 3.14. The molecule has 24 heavy (non-hydrogen) atoms. The van der Waals surface area contributed by atoms with Crippen molar-refractivity contribution in [3.8, 4) is 11.1 Å². The maximum absolute atomic E-state index is 14.4. The molecule has 0 saturated carbocycles. The lowest BCUT2D eigenvalue weighted by molar-refractivity contribution is 0.611. The van der Waals surface area contributed by atoms with E-state index in [0.29, 0.717) is 21.1 Å². The SMILES string of the molecule is Cc1coc2c(C)c3[nH]c(=O)c(Br)c(-c4ccccc4F)c3cc12. The molecule has 0 aliphatic heterocycles. The van der Waals surface area contributed by atoms with Gasteiger partial charge in [-0.1, -0.05) is 18.2 Å². The Bertz CT molecular complexity index is 1170. The quantitative estimate of drug-likeness (QED) is 0.472. The molecule has 2 aromatic heterocycles. The van der Waals surface area contributed by atoms with E-state index >= 15 is 0 Å². The third-order valence-corrected chi connectivity index (χ3v) is 5.12. The molecule has 1 N–H and O–H groups in total. The van der Waals surface area contributed by atoms with E-state index in [1.807, 2.05) is 19.9 Å². The van der Waals surface area contributed by atoms with Crippen LogP contribution in [0.25, 0.3) is 33.0 Å². The number of hydrogen-bond donors (Lipinski definition) is 1. The molecule has 0 aliphatic rings. The van der Waals surface area contributed by atoms with Gasteiger partial charge in [-0.15, -0.1) is 0 Å². The van der Waals surface area contributed by atoms with Gasteiger partial charge in [-0.3, -0.25) is 4.79 Å². The summed E-state index contributed by atoms with van der Waals surface area (Å²) in [4.78, 5) is 15.2. The van der Waals surface area contributed by atoms with Crippen molar-refractivity contribution in [3.05, 3.63) is 68.4 Å². The van der Waals surface area contributed by atoms with Gasteiger partial charge in [0.05, 0.1) is 16.3 Å². The molecule has 0 unspecified atom stereocenters. The minimum absolute atomic E-state index is 0.300. The highest BCUT2D eigenvalue weighted by atomic mass is 79.9. The molecular weight excluding hydrogens is 373 g/mol. The number of aryl methyl sites for hydroxylation is 2. The lowest BCUT2D eigenvalue weighted by Gasteiger charge is -2.12. The largest absolute Gasteiger partial charge is 0.464 e. The van der Waals surface area contributed by atoms with E-state index in [-0.39, 0.29) is 11.4 Å². The maximum atomic E-state index is 14.4. The van der Waals surface area contributed by atoms with Gasteiger partial charge in [0.2, 0.25) is 0 Å². The molecule has 0 aliphatic carbocycles. The number of aromatic amines is 1. The molecule has 0 saturated heterocycles. The van der Waals surface area contributed by atoms with Gasteiger partial charge in [0, 0.05) is 27.5 Å². The van der Waals surface area contributed by atoms with E-state index in [2.05, 4.69) is 20.9 Å². The summed E-state index contributed by atoms with van der Waals surface area (Å²) < 4.78 is 20.3. The summed E-state index contributed by atoms with van der Waals surface area (Å²) in [5, 5.41) is 1.73. The molecule has 0 atom stereocenters. The standard InChI is InChI=1S/C19H13BrFNO2/c1-9-8-24-18-10(2)17-13(7-12(9)18)15(16(20)19(23)22-17)11-5-3-4-6-14(11)21/h3-8H,1-2H3,(H,22,23). The summed E-state index contributed by atoms with van der Waals surface area (Å²) in [5.41, 5.74) is 3.86. The average Bonchev–Trinajstić information content (AvgIpc) is 2.93. The van der Waals surface area contributed by atoms with E-state index in [1.54, 1.807) is 24.5 Å². The Labute approximate surface area is 145 Å². The van der Waals surface area contributed by atoms with E-state index in [9.17, 15) is 9.18 Å². The maximum Gasteiger partial charge on any atom is 0.263 e. The van der Waals surface area contributed by atoms with Gasteiger partial charge in [0.1, 0.15) is 11.4 Å². The lowest BCUT2D eigenvalue weighted by atomic mass is 9.97. The number of benzene rings is 2. The predicted octanol–water partition coefficient (Wildman–Crippen LogP) is 5.46. The molecule has 4 aromatic rings. The second-order valence-electron chi connectivity index (χ2n) is 5.84. The van der Waals surface area contributed by atoms with Crippen molar-refractivity contribution in [3.63, 3.8) is 0 Å². The Morgan fingerprint density at radius 3 is 2.67 bits per heavy atom. The van der Waals surface area contributed by atoms with Gasteiger partial charge in [-0.2, -0.15) is 0 Å². The van der Waals surface area contributed by atoms with Crippen LogP contribution in [0.3, 0.4) is 0 Å². The zero-order valence-corrected chi connectivity index (χ0v) is 14.6. The number of H-pyrrole nitrogens is 1. The average molecular weight is 386 g/mol. The zero-order chi connectivity index (χ0) is 17.0. The van der Waals surface area contributed by atoms with Crippen molar-refractivity contribution in [2.24, 2.45) is 0 Å². The minimum Gasteiger partial charge on any atom is -0.464 e. The number of furan rings is 1. The molecule has 0 spiro atoms. The first kappa shape index (κ1) is 15.1. The molecular formula is C19H13BrFNO2. The van der Waals surface area contributed by atoms with E-state index < -0.39 is 0 Å². The van der Waals surface area contributed by atoms with Gasteiger partial charge in [0.15, 0.2) is 0 Å². The Hall–Kier alpha value is -2.40. The van der Waals surface area contributed by atoms with Gasteiger partial charge >= 0.3 is 0 Å². The summed E-state index contributed by atoms with van der Waals surface area (Å²) in [6, 6.07) is 8.40. The monoisotopic (exact) mass is 385 g/mol. The summed E-state index contributed by atoms with van der Waals surface area (Å²) >= 11 is 3.34. The molecule has 120 valence electrons. The van der Waals surface area contributed by atoms with Crippen LogP contribution in [0, 0.1) is 19.7 Å². The number of nitrogens with one attached hydrogen (secondary N) is 1. The van der Waals surface area contributed by atoms with E-state index in [1.165, 1.54) is 6.07 Å². The number of rotatable bonds is 1. The number of hydrogen-bond acceptors (Lipinski definition) is 2. The molecule has 0 bridgehead atoms. The molecule has 0 radical (unpaired) electrons.